The minimum atomic E-state index is 1.13. The number of hydrogen-bond acceptors (Lipinski definition) is 1. The molecule has 0 spiro atoms. The zero-order valence-corrected chi connectivity index (χ0v) is 11.5. The average molecular weight is 260 g/mol. The van der Waals surface area contributed by atoms with Crippen LogP contribution in [0.4, 0.5) is 0 Å². The first kappa shape index (κ1) is 11.5. The van der Waals surface area contributed by atoms with Gasteiger partial charge in [-0.15, -0.1) is 0 Å². The van der Waals surface area contributed by atoms with Crippen molar-refractivity contribution in [1.29, 1.82) is 0 Å². The zero-order chi connectivity index (χ0) is 13.5. The van der Waals surface area contributed by atoms with Crippen LogP contribution in [0.5, 0.6) is 0 Å². The molecule has 0 amide bonds. The van der Waals surface area contributed by atoms with E-state index in [1.165, 1.54) is 33.4 Å². The van der Waals surface area contributed by atoms with E-state index in [9.17, 15) is 0 Å². The summed E-state index contributed by atoms with van der Waals surface area (Å²) in [4.78, 5) is 4.13. The Hall–Kier alpha value is -2.35. The highest BCUT2D eigenvalue weighted by molar-refractivity contribution is 5.91. The van der Waals surface area contributed by atoms with E-state index in [0.29, 0.717) is 0 Å². The lowest BCUT2D eigenvalue weighted by molar-refractivity contribution is 0.966. The summed E-state index contributed by atoms with van der Waals surface area (Å²) < 4.78 is 2.35. The molecule has 98 valence electrons. The van der Waals surface area contributed by atoms with Gasteiger partial charge in [0.15, 0.2) is 0 Å². The van der Waals surface area contributed by atoms with Crippen molar-refractivity contribution in [3.63, 3.8) is 0 Å². The summed E-state index contributed by atoms with van der Waals surface area (Å²) in [6.45, 7) is 2.16. The van der Waals surface area contributed by atoms with Crippen LogP contribution in [0.2, 0.25) is 0 Å². The van der Waals surface area contributed by atoms with Crippen LogP contribution in [-0.4, -0.2) is 9.55 Å². The third kappa shape index (κ3) is 1.61. The molecule has 1 aliphatic carbocycles. The molecule has 4 rings (SSSR count). The summed E-state index contributed by atoms with van der Waals surface area (Å²) in [7, 11) is 0. The Morgan fingerprint density at radius 2 is 1.95 bits per heavy atom. The molecule has 2 nitrogen and oxygen atoms in total. The van der Waals surface area contributed by atoms with Crippen molar-refractivity contribution < 1.29 is 0 Å². The SMILES string of the molecule is Cc1ccc2c(c1)c1c(n2-c2ccncc2)C=CCC1. The van der Waals surface area contributed by atoms with Crippen LogP contribution >= 0.6 is 0 Å². The monoisotopic (exact) mass is 260 g/mol. The molecule has 2 heterocycles. The maximum atomic E-state index is 4.13. The van der Waals surface area contributed by atoms with Crippen molar-refractivity contribution in [2.45, 2.75) is 19.8 Å². The second-order valence-corrected chi connectivity index (χ2v) is 5.37. The highest BCUT2D eigenvalue weighted by atomic mass is 15.0. The third-order valence-corrected chi connectivity index (χ3v) is 4.03. The average Bonchev–Trinajstić information content (AvgIpc) is 2.82. The number of allylic oxidation sites excluding steroid dienone is 1. The van der Waals surface area contributed by atoms with Gasteiger partial charge in [0.2, 0.25) is 0 Å². The number of rotatable bonds is 1. The molecule has 0 radical (unpaired) electrons. The molecule has 0 fully saturated rings. The molecule has 0 aliphatic heterocycles. The van der Waals surface area contributed by atoms with Crippen LogP contribution in [-0.2, 0) is 6.42 Å². The number of nitrogens with zero attached hydrogens (tertiary/aromatic N) is 2. The lowest BCUT2D eigenvalue weighted by Crippen LogP contribution is -2.00. The van der Waals surface area contributed by atoms with Crippen molar-refractivity contribution >= 4 is 17.0 Å². The molecule has 0 atom stereocenters. The minimum Gasteiger partial charge on any atom is -0.309 e. The second-order valence-electron chi connectivity index (χ2n) is 5.37. The van der Waals surface area contributed by atoms with Gasteiger partial charge in [0, 0.05) is 29.2 Å². The normalized spacial score (nSPS) is 13.7. The van der Waals surface area contributed by atoms with E-state index in [4.69, 9.17) is 0 Å². The molecule has 0 saturated heterocycles. The molecule has 0 bridgehead atoms. The first-order valence-electron chi connectivity index (χ1n) is 7.05. The first-order chi connectivity index (χ1) is 9.84. The predicted molar refractivity (Wildman–Crippen MR) is 83.2 cm³/mol. The van der Waals surface area contributed by atoms with E-state index in [1.54, 1.807) is 0 Å². The maximum absolute atomic E-state index is 4.13. The fraction of sp³-hybridized carbons (Fsp3) is 0.167. The van der Waals surface area contributed by atoms with Crippen molar-refractivity contribution in [2.75, 3.05) is 0 Å². The van der Waals surface area contributed by atoms with Crippen LogP contribution in [0.1, 0.15) is 23.2 Å². The van der Waals surface area contributed by atoms with Crippen LogP contribution in [0.3, 0.4) is 0 Å². The molecule has 2 aromatic heterocycles. The summed E-state index contributed by atoms with van der Waals surface area (Å²) >= 11 is 0. The minimum absolute atomic E-state index is 1.13. The Labute approximate surface area is 118 Å². The Morgan fingerprint density at radius 3 is 2.80 bits per heavy atom. The molecule has 0 unspecified atom stereocenters. The van der Waals surface area contributed by atoms with Gasteiger partial charge in [0.05, 0.1) is 5.52 Å². The van der Waals surface area contributed by atoms with Gasteiger partial charge in [-0.3, -0.25) is 4.98 Å². The standard InChI is InChI=1S/C18H16N2/c1-13-6-7-18-16(12-13)15-4-2-3-5-17(15)20(18)14-8-10-19-11-9-14/h3,5-12H,2,4H2,1H3. The van der Waals surface area contributed by atoms with E-state index in [2.05, 4.69) is 59.0 Å². The maximum Gasteiger partial charge on any atom is 0.0537 e. The van der Waals surface area contributed by atoms with Gasteiger partial charge >= 0.3 is 0 Å². The molecular weight excluding hydrogens is 244 g/mol. The van der Waals surface area contributed by atoms with Gasteiger partial charge in [-0.05, 0) is 55.7 Å². The number of aromatic nitrogens is 2. The molecule has 0 N–H and O–H groups in total. The fourth-order valence-electron chi connectivity index (χ4n) is 3.12. The van der Waals surface area contributed by atoms with Crippen molar-refractivity contribution in [1.82, 2.24) is 9.55 Å². The highest BCUT2D eigenvalue weighted by Crippen LogP contribution is 2.34. The van der Waals surface area contributed by atoms with Crippen LogP contribution in [0, 0.1) is 6.92 Å². The van der Waals surface area contributed by atoms with E-state index in [-0.39, 0.29) is 0 Å². The zero-order valence-electron chi connectivity index (χ0n) is 11.5. The lowest BCUT2D eigenvalue weighted by atomic mass is 10.00. The molecule has 20 heavy (non-hydrogen) atoms. The Bertz CT molecular complexity index is 810. The Balaban J connectivity index is 2.13. The van der Waals surface area contributed by atoms with Crippen molar-refractivity contribution in [3.05, 3.63) is 65.6 Å². The molecule has 1 aromatic carbocycles. The Morgan fingerprint density at radius 1 is 1.10 bits per heavy atom. The van der Waals surface area contributed by atoms with E-state index >= 15 is 0 Å². The van der Waals surface area contributed by atoms with Crippen molar-refractivity contribution in [3.8, 4) is 5.69 Å². The van der Waals surface area contributed by atoms with Crippen LogP contribution in [0.15, 0.2) is 48.8 Å². The predicted octanol–water partition coefficient (Wildman–Crippen LogP) is 4.29. The van der Waals surface area contributed by atoms with Gasteiger partial charge < -0.3 is 4.57 Å². The van der Waals surface area contributed by atoms with Gasteiger partial charge in [0.1, 0.15) is 0 Å². The van der Waals surface area contributed by atoms with Crippen LogP contribution < -0.4 is 0 Å². The molecule has 1 aliphatic rings. The number of fused-ring (bicyclic) bond motifs is 3. The van der Waals surface area contributed by atoms with Gasteiger partial charge in [-0.25, -0.2) is 0 Å². The molecule has 2 heteroatoms. The number of aryl methyl sites for hydroxylation is 2. The number of hydrogen-bond donors (Lipinski definition) is 0. The highest BCUT2D eigenvalue weighted by Gasteiger charge is 2.18. The fourth-order valence-corrected chi connectivity index (χ4v) is 3.12. The molecule has 3 aromatic rings. The summed E-state index contributed by atoms with van der Waals surface area (Å²) in [5.41, 5.74) is 6.59. The first-order valence-corrected chi connectivity index (χ1v) is 7.05. The van der Waals surface area contributed by atoms with Gasteiger partial charge in [-0.1, -0.05) is 17.7 Å². The molecular formula is C18H16N2. The number of benzene rings is 1. The topological polar surface area (TPSA) is 17.8 Å². The van der Waals surface area contributed by atoms with E-state index in [0.717, 1.165) is 12.8 Å². The number of pyridine rings is 1. The van der Waals surface area contributed by atoms with E-state index < -0.39 is 0 Å². The summed E-state index contributed by atoms with van der Waals surface area (Å²) in [5, 5.41) is 1.39. The van der Waals surface area contributed by atoms with Gasteiger partial charge in [0.25, 0.3) is 0 Å². The largest absolute Gasteiger partial charge is 0.309 e. The molecule has 0 saturated carbocycles. The summed E-state index contributed by atoms with van der Waals surface area (Å²) in [6, 6.07) is 10.9. The Kier molecular flexibility index (Phi) is 2.49. The smallest absolute Gasteiger partial charge is 0.0537 e. The van der Waals surface area contributed by atoms with E-state index in [1.807, 2.05) is 12.4 Å². The van der Waals surface area contributed by atoms with Crippen molar-refractivity contribution in [2.24, 2.45) is 0 Å². The summed E-state index contributed by atoms with van der Waals surface area (Å²) in [6.07, 6.45) is 10.5. The summed E-state index contributed by atoms with van der Waals surface area (Å²) in [5.74, 6) is 0. The van der Waals surface area contributed by atoms with Crippen LogP contribution in [0.25, 0.3) is 22.7 Å². The third-order valence-electron chi connectivity index (χ3n) is 4.03. The van der Waals surface area contributed by atoms with Gasteiger partial charge in [-0.2, -0.15) is 0 Å². The second kappa shape index (κ2) is 4.34. The quantitative estimate of drug-likeness (QED) is 0.638. The lowest BCUT2D eigenvalue weighted by Gasteiger charge is -2.11.